The Bertz CT molecular complexity index is 469. The van der Waals surface area contributed by atoms with E-state index in [4.69, 9.17) is 0 Å². The summed E-state index contributed by atoms with van der Waals surface area (Å²) in [6.45, 7) is -4.09. The van der Waals surface area contributed by atoms with Crippen molar-refractivity contribution in [3.05, 3.63) is 28.8 Å². The van der Waals surface area contributed by atoms with Gasteiger partial charge in [-0.3, -0.25) is 4.79 Å². The van der Waals surface area contributed by atoms with Crippen LogP contribution in [-0.4, -0.2) is 26.3 Å². The molecule has 0 aromatic heterocycles. The van der Waals surface area contributed by atoms with E-state index in [0.717, 1.165) is 13.2 Å². The molecule has 3 nitrogen and oxygen atoms in total. The SMILES string of the molecule is COC(=O)c1cc(C=O)c(C)c([B-](F)(F)F)c1. The van der Waals surface area contributed by atoms with Crippen LogP contribution in [0.1, 0.15) is 26.3 Å². The molecule has 0 N–H and O–H groups in total. The normalized spacial score (nSPS) is 11.1. The highest BCUT2D eigenvalue weighted by atomic mass is 19.4. The van der Waals surface area contributed by atoms with Gasteiger partial charge in [-0.05, 0) is 13.0 Å². The number of carbonyl (C=O) groups is 2. The molecule has 0 fully saturated rings. The molecule has 0 amide bonds. The minimum Gasteiger partial charge on any atom is -0.465 e. The topological polar surface area (TPSA) is 43.4 Å². The zero-order valence-electron chi connectivity index (χ0n) is 9.17. The summed E-state index contributed by atoms with van der Waals surface area (Å²) in [5, 5.41) is 0. The molecule has 1 aromatic carbocycles. The Morgan fingerprint density at radius 1 is 1.35 bits per heavy atom. The molecule has 0 saturated carbocycles. The van der Waals surface area contributed by atoms with Crippen LogP contribution in [0, 0.1) is 6.92 Å². The molecule has 0 atom stereocenters. The summed E-state index contributed by atoms with van der Waals surface area (Å²) < 4.78 is 42.4. The first-order valence-electron chi connectivity index (χ1n) is 4.69. The van der Waals surface area contributed by atoms with Gasteiger partial charge in [0.05, 0.1) is 12.7 Å². The lowest BCUT2D eigenvalue weighted by Crippen LogP contribution is -2.37. The largest absolute Gasteiger partial charge is 0.509 e. The molecule has 0 aliphatic rings. The van der Waals surface area contributed by atoms with E-state index in [-0.39, 0.29) is 23.0 Å². The van der Waals surface area contributed by atoms with E-state index in [2.05, 4.69) is 4.74 Å². The molecular formula is C10H9BF3O3-. The molecule has 0 bridgehead atoms. The van der Waals surface area contributed by atoms with Crippen molar-refractivity contribution in [2.24, 2.45) is 0 Å². The Labute approximate surface area is 95.6 Å². The lowest BCUT2D eigenvalue weighted by atomic mass is 9.75. The monoisotopic (exact) mass is 245 g/mol. The highest BCUT2D eigenvalue weighted by molar-refractivity contribution is 6.74. The lowest BCUT2D eigenvalue weighted by molar-refractivity contribution is 0.0601. The summed E-state index contributed by atoms with van der Waals surface area (Å²) in [6, 6.07) is 1.79. The Balaban J connectivity index is 3.49. The third kappa shape index (κ3) is 2.66. The molecule has 0 radical (unpaired) electrons. The van der Waals surface area contributed by atoms with E-state index in [9.17, 15) is 22.5 Å². The van der Waals surface area contributed by atoms with Gasteiger partial charge < -0.3 is 17.7 Å². The predicted octanol–water partition coefficient (Wildman–Crippen LogP) is 1.65. The second kappa shape index (κ2) is 4.61. The quantitative estimate of drug-likeness (QED) is 0.462. The van der Waals surface area contributed by atoms with Crippen molar-refractivity contribution in [3.8, 4) is 0 Å². The van der Waals surface area contributed by atoms with E-state index < -0.39 is 18.4 Å². The second-order valence-corrected chi connectivity index (χ2v) is 3.46. The molecule has 1 rings (SSSR count). The van der Waals surface area contributed by atoms with Crippen molar-refractivity contribution in [2.45, 2.75) is 6.92 Å². The molecule has 7 heteroatoms. The van der Waals surface area contributed by atoms with Crippen molar-refractivity contribution in [1.29, 1.82) is 0 Å². The first-order valence-corrected chi connectivity index (χ1v) is 4.69. The number of hydrogen-bond donors (Lipinski definition) is 0. The molecule has 0 unspecified atom stereocenters. The van der Waals surface area contributed by atoms with Gasteiger partial charge in [0.15, 0.2) is 0 Å². The van der Waals surface area contributed by atoms with Crippen molar-refractivity contribution >= 4 is 24.7 Å². The average Bonchev–Trinajstić information content (AvgIpc) is 2.26. The molecule has 0 aliphatic carbocycles. The zero-order valence-corrected chi connectivity index (χ0v) is 9.17. The Morgan fingerprint density at radius 2 is 1.94 bits per heavy atom. The average molecular weight is 245 g/mol. The minimum absolute atomic E-state index is 0.165. The van der Waals surface area contributed by atoms with Crippen LogP contribution in [0.3, 0.4) is 0 Å². The van der Waals surface area contributed by atoms with Crippen LogP contribution < -0.4 is 5.46 Å². The Hall–Kier alpha value is -1.79. The van der Waals surface area contributed by atoms with Gasteiger partial charge in [-0.2, -0.15) is 0 Å². The van der Waals surface area contributed by atoms with Crippen LogP contribution in [0.4, 0.5) is 12.9 Å². The number of ether oxygens (including phenoxy) is 1. The van der Waals surface area contributed by atoms with Crippen molar-refractivity contribution in [2.75, 3.05) is 7.11 Å². The van der Waals surface area contributed by atoms with Crippen LogP contribution in [0.25, 0.3) is 0 Å². The number of carbonyl (C=O) groups excluding carboxylic acids is 2. The molecule has 92 valence electrons. The van der Waals surface area contributed by atoms with Crippen LogP contribution in [-0.2, 0) is 4.74 Å². The van der Waals surface area contributed by atoms with Gasteiger partial charge in [-0.15, -0.1) is 5.46 Å². The first kappa shape index (κ1) is 13.3. The van der Waals surface area contributed by atoms with Crippen LogP contribution >= 0.6 is 0 Å². The highest BCUT2D eigenvalue weighted by Crippen LogP contribution is 2.16. The fourth-order valence-corrected chi connectivity index (χ4v) is 1.46. The second-order valence-electron chi connectivity index (χ2n) is 3.46. The fraction of sp³-hybridized carbons (Fsp3) is 0.200. The summed E-state index contributed by atoms with van der Waals surface area (Å²) in [6.07, 6.45) is 0.285. The van der Waals surface area contributed by atoms with E-state index >= 15 is 0 Å². The summed E-state index contributed by atoms with van der Waals surface area (Å²) in [5.41, 5.74) is -1.58. The number of esters is 1. The lowest BCUT2D eigenvalue weighted by Gasteiger charge is -2.20. The summed E-state index contributed by atoms with van der Waals surface area (Å²) in [4.78, 5) is 21.8. The number of rotatable bonds is 3. The molecule has 0 spiro atoms. The highest BCUT2D eigenvalue weighted by Gasteiger charge is 2.29. The predicted molar refractivity (Wildman–Crippen MR) is 56.6 cm³/mol. The summed E-state index contributed by atoms with van der Waals surface area (Å²) >= 11 is 0. The molecule has 0 aliphatic heterocycles. The minimum atomic E-state index is -5.28. The third-order valence-electron chi connectivity index (χ3n) is 2.39. The van der Waals surface area contributed by atoms with E-state index in [0.29, 0.717) is 6.07 Å². The Morgan fingerprint density at radius 3 is 2.35 bits per heavy atom. The smallest absolute Gasteiger partial charge is 0.465 e. The number of benzene rings is 1. The van der Waals surface area contributed by atoms with Gasteiger partial charge >= 0.3 is 12.9 Å². The zero-order chi connectivity index (χ0) is 13.2. The van der Waals surface area contributed by atoms with E-state index in [1.54, 1.807) is 0 Å². The van der Waals surface area contributed by atoms with Gasteiger partial charge in [-0.1, -0.05) is 11.6 Å². The van der Waals surface area contributed by atoms with Gasteiger partial charge in [0, 0.05) is 5.56 Å². The van der Waals surface area contributed by atoms with Crippen LogP contribution in [0.5, 0.6) is 0 Å². The molecule has 17 heavy (non-hydrogen) atoms. The van der Waals surface area contributed by atoms with Crippen LogP contribution in [0.15, 0.2) is 12.1 Å². The molecule has 0 saturated heterocycles. The summed E-state index contributed by atoms with van der Waals surface area (Å²) in [7, 11) is 1.06. The maximum Gasteiger partial charge on any atom is 0.509 e. The molecule has 0 heterocycles. The number of aldehydes is 1. The first-order chi connectivity index (χ1) is 7.81. The maximum absolute atomic E-state index is 12.7. The van der Waals surface area contributed by atoms with Crippen molar-refractivity contribution < 1.29 is 27.3 Å². The van der Waals surface area contributed by atoms with Gasteiger partial charge in [0.1, 0.15) is 6.29 Å². The van der Waals surface area contributed by atoms with Gasteiger partial charge in [0.25, 0.3) is 0 Å². The van der Waals surface area contributed by atoms with Crippen molar-refractivity contribution in [3.63, 3.8) is 0 Å². The van der Waals surface area contributed by atoms with Crippen LogP contribution in [0.2, 0.25) is 0 Å². The summed E-state index contributed by atoms with van der Waals surface area (Å²) in [5.74, 6) is -0.908. The number of hydrogen-bond acceptors (Lipinski definition) is 3. The standard InChI is InChI=1S/C10H9BF3O3/c1-6-8(5-15)3-7(10(16)17-2)4-9(6)11(12,13)14/h3-5H,1-2H3/q-1. The van der Waals surface area contributed by atoms with E-state index in [1.807, 2.05) is 0 Å². The fourth-order valence-electron chi connectivity index (χ4n) is 1.46. The van der Waals surface area contributed by atoms with Crippen molar-refractivity contribution in [1.82, 2.24) is 0 Å². The Kier molecular flexibility index (Phi) is 3.60. The third-order valence-corrected chi connectivity index (χ3v) is 2.39. The van der Waals surface area contributed by atoms with Gasteiger partial charge in [0.2, 0.25) is 0 Å². The molecule has 1 aromatic rings. The van der Waals surface area contributed by atoms with Gasteiger partial charge in [-0.25, -0.2) is 4.79 Å². The number of methoxy groups -OCH3 is 1. The van der Waals surface area contributed by atoms with E-state index in [1.165, 1.54) is 6.92 Å². The number of halogens is 3. The molecular weight excluding hydrogens is 236 g/mol. The maximum atomic E-state index is 12.7.